The lowest BCUT2D eigenvalue weighted by atomic mass is 9.70. The van der Waals surface area contributed by atoms with Crippen molar-refractivity contribution in [3.8, 4) is 44.5 Å². The van der Waals surface area contributed by atoms with Gasteiger partial charge in [-0.3, -0.25) is 0 Å². The molecule has 0 unspecified atom stereocenters. The number of anilines is 3. The van der Waals surface area contributed by atoms with E-state index in [4.69, 9.17) is 0 Å². The number of rotatable bonds is 5. The number of hydrogen-bond acceptors (Lipinski definition) is 2. The predicted octanol–water partition coefficient (Wildman–Crippen LogP) is 16.4. The van der Waals surface area contributed by atoms with Gasteiger partial charge >= 0.3 is 0 Å². The number of nitrogens with zero attached hydrogens (tertiary/aromatic N) is 1. The van der Waals surface area contributed by atoms with E-state index in [9.17, 15) is 0 Å². The third-order valence-corrected chi connectivity index (χ3v) is 14.5. The van der Waals surface area contributed by atoms with E-state index in [0.29, 0.717) is 0 Å². The molecule has 0 N–H and O–H groups in total. The summed E-state index contributed by atoms with van der Waals surface area (Å²) in [5.41, 5.74) is 18.4. The number of benzene rings is 10. The SMILES string of the molecule is c1ccc(-c2ccc(N(c3ccccc3-c3ccc4ccccc4c3)c3cccc4c3-c3ccccc3C43c4ccccc4-c4ccccc43)c3c2sc2ccccc23)cc1. The van der Waals surface area contributed by atoms with Crippen LogP contribution in [-0.4, -0.2) is 0 Å². The molecule has 0 amide bonds. The van der Waals surface area contributed by atoms with E-state index in [1.54, 1.807) is 0 Å². The Morgan fingerprint density at radius 1 is 0.344 bits per heavy atom. The Bertz CT molecular complexity index is 3510. The van der Waals surface area contributed by atoms with Crippen molar-refractivity contribution in [1.29, 1.82) is 0 Å². The van der Waals surface area contributed by atoms with Crippen LogP contribution in [-0.2, 0) is 5.41 Å². The maximum absolute atomic E-state index is 2.60. The summed E-state index contributed by atoms with van der Waals surface area (Å²) in [4.78, 5) is 2.60. The van der Waals surface area contributed by atoms with Gasteiger partial charge in [0.05, 0.1) is 22.5 Å². The first-order valence-corrected chi connectivity index (χ1v) is 21.9. The van der Waals surface area contributed by atoms with Crippen LogP contribution in [0, 0.1) is 0 Å². The normalized spacial score (nSPS) is 13.0. The standard InChI is InChI=1S/C59H37NS/c1-2-18-39(19-3-1)43-35-36-54(57-47-25-10-15-32-55(47)61-58(43)57)60(52-30-14-9-21-42(52)41-34-33-38-17-4-5-20-40(38)37-41)53-31-16-29-51-56(53)46-24-8-13-28-50(46)59(51)48-26-11-6-22-44(48)45-23-7-12-27-49(45)59/h1-37H. The Labute approximate surface area is 359 Å². The molecule has 1 heterocycles. The third-order valence-electron chi connectivity index (χ3n) is 13.3. The zero-order valence-corrected chi connectivity index (χ0v) is 34.0. The van der Waals surface area contributed by atoms with Gasteiger partial charge in [-0.2, -0.15) is 0 Å². The minimum absolute atomic E-state index is 0.458. The largest absolute Gasteiger partial charge is 0.309 e. The van der Waals surface area contributed by atoms with E-state index in [1.807, 2.05) is 11.3 Å². The van der Waals surface area contributed by atoms with E-state index in [-0.39, 0.29) is 0 Å². The van der Waals surface area contributed by atoms with E-state index in [2.05, 4.69) is 229 Å². The Kier molecular flexibility index (Phi) is 7.46. The number of thiophene rings is 1. The minimum Gasteiger partial charge on any atom is -0.309 e. The number of fused-ring (bicyclic) bond motifs is 14. The van der Waals surface area contributed by atoms with Gasteiger partial charge < -0.3 is 4.90 Å². The van der Waals surface area contributed by atoms with Crippen molar-refractivity contribution >= 4 is 59.3 Å². The van der Waals surface area contributed by atoms with Gasteiger partial charge in [0.1, 0.15) is 0 Å². The topological polar surface area (TPSA) is 3.24 Å². The molecule has 2 aliphatic rings. The minimum atomic E-state index is -0.458. The summed E-state index contributed by atoms with van der Waals surface area (Å²) in [6.45, 7) is 0. The molecule has 13 rings (SSSR count). The van der Waals surface area contributed by atoms with Gasteiger partial charge in [-0.25, -0.2) is 0 Å². The van der Waals surface area contributed by atoms with Crippen molar-refractivity contribution in [1.82, 2.24) is 0 Å². The summed E-state index contributed by atoms with van der Waals surface area (Å²) in [7, 11) is 0. The first kappa shape index (κ1) is 34.4. The Morgan fingerprint density at radius 3 is 1.72 bits per heavy atom. The fourth-order valence-electron chi connectivity index (χ4n) is 10.8. The predicted molar refractivity (Wildman–Crippen MR) is 259 cm³/mol. The summed E-state index contributed by atoms with van der Waals surface area (Å²) in [5.74, 6) is 0. The maximum atomic E-state index is 2.60. The maximum Gasteiger partial charge on any atom is 0.0726 e. The van der Waals surface area contributed by atoms with Gasteiger partial charge in [-0.15, -0.1) is 11.3 Å². The molecular weight excluding hydrogens is 755 g/mol. The second-order valence-corrected chi connectivity index (χ2v) is 17.4. The van der Waals surface area contributed by atoms with Crippen molar-refractivity contribution < 1.29 is 0 Å². The fraction of sp³-hybridized carbons (Fsp3) is 0.0169. The van der Waals surface area contributed by atoms with Crippen LogP contribution in [0.5, 0.6) is 0 Å². The molecule has 10 aromatic carbocycles. The van der Waals surface area contributed by atoms with Gasteiger partial charge in [-0.05, 0) is 96.7 Å². The van der Waals surface area contributed by atoms with Gasteiger partial charge in [-0.1, -0.05) is 194 Å². The molecule has 1 aromatic heterocycles. The summed E-state index contributed by atoms with van der Waals surface area (Å²) in [6, 6.07) is 83.6. The van der Waals surface area contributed by atoms with E-state index in [0.717, 1.165) is 5.69 Å². The molecule has 0 aliphatic heterocycles. The second kappa shape index (κ2) is 13.2. The van der Waals surface area contributed by atoms with Gasteiger partial charge in [0.15, 0.2) is 0 Å². The highest BCUT2D eigenvalue weighted by atomic mass is 32.1. The molecule has 0 saturated heterocycles. The smallest absolute Gasteiger partial charge is 0.0726 e. The zero-order valence-electron chi connectivity index (χ0n) is 33.2. The van der Waals surface area contributed by atoms with Crippen LogP contribution in [0.4, 0.5) is 17.1 Å². The highest BCUT2D eigenvalue weighted by Gasteiger charge is 2.52. The number of hydrogen-bond donors (Lipinski definition) is 0. The lowest BCUT2D eigenvalue weighted by Crippen LogP contribution is -2.26. The summed E-state index contributed by atoms with van der Waals surface area (Å²) in [5, 5.41) is 5.01. The van der Waals surface area contributed by atoms with Crippen molar-refractivity contribution in [2.45, 2.75) is 5.41 Å². The highest BCUT2D eigenvalue weighted by molar-refractivity contribution is 7.26. The first-order valence-electron chi connectivity index (χ1n) is 21.1. The Balaban J connectivity index is 1.16. The highest BCUT2D eigenvalue weighted by Crippen LogP contribution is 2.65. The Hall–Kier alpha value is -7.52. The van der Waals surface area contributed by atoms with E-state index < -0.39 is 5.41 Å². The summed E-state index contributed by atoms with van der Waals surface area (Å²) < 4.78 is 2.58. The average Bonchev–Trinajstić information content (AvgIpc) is 3.97. The van der Waals surface area contributed by atoms with Crippen LogP contribution >= 0.6 is 11.3 Å². The second-order valence-electron chi connectivity index (χ2n) is 16.3. The monoisotopic (exact) mass is 791 g/mol. The first-order chi connectivity index (χ1) is 30.3. The summed E-state index contributed by atoms with van der Waals surface area (Å²) in [6.07, 6.45) is 0. The van der Waals surface area contributed by atoms with Crippen LogP contribution in [0.1, 0.15) is 22.3 Å². The van der Waals surface area contributed by atoms with Gasteiger partial charge in [0.25, 0.3) is 0 Å². The van der Waals surface area contributed by atoms with Gasteiger partial charge in [0.2, 0.25) is 0 Å². The molecule has 61 heavy (non-hydrogen) atoms. The molecule has 284 valence electrons. The Morgan fingerprint density at radius 2 is 0.934 bits per heavy atom. The van der Waals surface area contributed by atoms with Crippen molar-refractivity contribution in [3.63, 3.8) is 0 Å². The molecule has 0 atom stereocenters. The third kappa shape index (κ3) is 4.83. The number of para-hydroxylation sites is 1. The van der Waals surface area contributed by atoms with Gasteiger partial charge in [0, 0.05) is 31.3 Å². The molecule has 11 aromatic rings. The molecule has 2 heteroatoms. The molecule has 1 spiro atoms. The quantitative estimate of drug-likeness (QED) is 0.168. The van der Waals surface area contributed by atoms with Crippen LogP contribution in [0.15, 0.2) is 224 Å². The molecule has 1 nitrogen and oxygen atoms in total. The van der Waals surface area contributed by atoms with Crippen molar-refractivity contribution in [3.05, 3.63) is 247 Å². The molecule has 2 aliphatic carbocycles. The molecule has 0 fully saturated rings. The molecule has 0 bridgehead atoms. The zero-order chi connectivity index (χ0) is 40.1. The lowest BCUT2D eigenvalue weighted by Gasteiger charge is -2.33. The molecule has 0 radical (unpaired) electrons. The van der Waals surface area contributed by atoms with Crippen LogP contribution in [0.25, 0.3) is 75.5 Å². The lowest BCUT2D eigenvalue weighted by molar-refractivity contribution is 0.794. The molecule has 0 saturated carbocycles. The van der Waals surface area contributed by atoms with Crippen LogP contribution < -0.4 is 4.90 Å². The van der Waals surface area contributed by atoms with Crippen molar-refractivity contribution in [2.24, 2.45) is 0 Å². The fourth-order valence-corrected chi connectivity index (χ4v) is 12.1. The van der Waals surface area contributed by atoms with Crippen molar-refractivity contribution in [2.75, 3.05) is 4.90 Å². The summed E-state index contributed by atoms with van der Waals surface area (Å²) >= 11 is 1.89. The molecular formula is C59H37NS. The average molecular weight is 792 g/mol. The van der Waals surface area contributed by atoms with Crippen LogP contribution in [0.2, 0.25) is 0 Å². The van der Waals surface area contributed by atoms with E-state index in [1.165, 1.54) is 109 Å². The van der Waals surface area contributed by atoms with E-state index >= 15 is 0 Å². The van der Waals surface area contributed by atoms with Crippen LogP contribution in [0.3, 0.4) is 0 Å².